The number of rotatable bonds is 5. The minimum Gasteiger partial charge on any atom is -0.494 e. The second-order valence-corrected chi connectivity index (χ2v) is 5.68. The van der Waals surface area contributed by atoms with E-state index >= 15 is 0 Å². The van der Waals surface area contributed by atoms with Crippen molar-refractivity contribution in [3.63, 3.8) is 0 Å². The van der Waals surface area contributed by atoms with Gasteiger partial charge in [-0.05, 0) is 41.8 Å². The molecular formula is C17H14ClF5O2. The van der Waals surface area contributed by atoms with Crippen LogP contribution in [-0.2, 0) is 5.60 Å². The zero-order chi connectivity index (χ0) is 18.9. The second kappa shape index (κ2) is 6.80. The summed E-state index contributed by atoms with van der Waals surface area (Å²) in [6.45, 7) is 2.15. The highest BCUT2D eigenvalue weighted by molar-refractivity contribution is 6.22. The van der Waals surface area contributed by atoms with Crippen LogP contribution < -0.4 is 4.74 Å². The van der Waals surface area contributed by atoms with Gasteiger partial charge in [0.25, 0.3) is 5.60 Å². The third kappa shape index (κ3) is 3.57. The van der Waals surface area contributed by atoms with Crippen LogP contribution in [0.25, 0.3) is 11.1 Å². The summed E-state index contributed by atoms with van der Waals surface area (Å²) in [4.78, 5) is 0. The van der Waals surface area contributed by atoms with Gasteiger partial charge in [-0.15, -0.1) is 0 Å². The second-order valence-electron chi connectivity index (χ2n) is 5.21. The van der Waals surface area contributed by atoms with Gasteiger partial charge in [0.1, 0.15) is 5.75 Å². The molecule has 0 radical (unpaired) electrons. The van der Waals surface area contributed by atoms with E-state index in [4.69, 9.17) is 4.74 Å². The molecule has 1 N–H and O–H groups in total. The van der Waals surface area contributed by atoms with E-state index in [1.807, 2.05) is 0 Å². The summed E-state index contributed by atoms with van der Waals surface area (Å²) in [6, 6.07) is 10.3. The Kier molecular flexibility index (Phi) is 5.30. The van der Waals surface area contributed by atoms with Crippen LogP contribution in [-0.4, -0.2) is 23.3 Å². The Hall–Kier alpha value is -1.86. The molecule has 0 bridgehead atoms. The first kappa shape index (κ1) is 19.5. The van der Waals surface area contributed by atoms with Crippen molar-refractivity contribution in [3.05, 3.63) is 54.1 Å². The molecule has 1 unspecified atom stereocenters. The molecule has 0 aromatic heterocycles. The standard InChI is InChI=1S/C17H14ClF5O2/c1-2-25-12-9-7-11(8-10-12)13-5-3-4-6-14(13)15(24,16(18,19)20)17(21,22)23/h3-10,24H,2H2,1H3. The molecule has 0 amide bonds. The lowest BCUT2D eigenvalue weighted by atomic mass is 9.86. The van der Waals surface area contributed by atoms with Gasteiger partial charge in [0.05, 0.1) is 6.61 Å². The zero-order valence-electron chi connectivity index (χ0n) is 12.9. The summed E-state index contributed by atoms with van der Waals surface area (Å²) in [7, 11) is 0. The Morgan fingerprint density at radius 3 is 2.00 bits per heavy atom. The lowest BCUT2D eigenvalue weighted by molar-refractivity contribution is -0.317. The molecule has 25 heavy (non-hydrogen) atoms. The molecule has 0 aliphatic rings. The average molecular weight is 381 g/mol. The van der Waals surface area contributed by atoms with Gasteiger partial charge >= 0.3 is 11.6 Å². The summed E-state index contributed by atoms with van der Waals surface area (Å²) in [5.74, 6) is 0.470. The van der Waals surface area contributed by atoms with Crippen LogP contribution in [0.15, 0.2) is 48.5 Å². The van der Waals surface area contributed by atoms with Crippen molar-refractivity contribution in [3.8, 4) is 16.9 Å². The highest BCUT2D eigenvalue weighted by Gasteiger charge is 2.70. The van der Waals surface area contributed by atoms with Crippen LogP contribution in [0.3, 0.4) is 0 Å². The van der Waals surface area contributed by atoms with Gasteiger partial charge in [-0.25, -0.2) is 0 Å². The number of halogens is 6. The maximum absolute atomic E-state index is 13.6. The smallest absolute Gasteiger partial charge is 0.428 e. The first-order valence-corrected chi connectivity index (χ1v) is 7.58. The lowest BCUT2D eigenvalue weighted by Gasteiger charge is -2.35. The molecule has 1 atom stereocenters. The van der Waals surface area contributed by atoms with E-state index in [0.29, 0.717) is 12.4 Å². The molecule has 2 nitrogen and oxygen atoms in total. The van der Waals surface area contributed by atoms with Crippen molar-refractivity contribution < 1.29 is 31.8 Å². The van der Waals surface area contributed by atoms with E-state index in [1.54, 1.807) is 6.92 Å². The lowest BCUT2D eigenvalue weighted by Crippen LogP contribution is -2.53. The van der Waals surface area contributed by atoms with Crippen LogP contribution in [0.5, 0.6) is 5.75 Å². The average Bonchev–Trinajstić information content (AvgIpc) is 2.53. The van der Waals surface area contributed by atoms with E-state index in [1.165, 1.54) is 36.4 Å². The van der Waals surface area contributed by atoms with Crippen molar-refractivity contribution in [2.75, 3.05) is 6.61 Å². The fourth-order valence-electron chi connectivity index (χ4n) is 2.41. The molecule has 0 spiro atoms. The third-order valence-corrected chi connectivity index (χ3v) is 3.89. The third-order valence-electron chi connectivity index (χ3n) is 3.61. The zero-order valence-corrected chi connectivity index (χ0v) is 13.7. The Morgan fingerprint density at radius 1 is 0.960 bits per heavy atom. The molecule has 0 saturated carbocycles. The summed E-state index contributed by atoms with van der Waals surface area (Å²) >= 11 is 4.66. The van der Waals surface area contributed by atoms with Crippen molar-refractivity contribution in [1.82, 2.24) is 0 Å². The minimum atomic E-state index is -5.69. The van der Waals surface area contributed by atoms with Crippen LogP contribution in [0.2, 0.25) is 0 Å². The van der Waals surface area contributed by atoms with Gasteiger partial charge < -0.3 is 9.84 Å². The van der Waals surface area contributed by atoms with E-state index < -0.39 is 22.7 Å². The normalized spacial score (nSPS) is 14.9. The highest BCUT2D eigenvalue weighted by Crippen LogP contribution is 2.53. The van der Waals surface area contributed by atoms with Gasteiger partial charge in [-0.3, -0.25) is 0 Å². The molecule has 0 aliphatic heterocycles. The molecule has 0 aliphatic carbocycles. The Morgan fingerprint density at radius 2 is 1.52 bits per heavy atom. The topological polar surface area (TPSA) is 29.5 Å². The van der Waals surface area contributed by atoms with Gasteiger partial charge in [0.15, 0.2) is 0 Å². The van der Waals surface area contributed by atoms with Crippen molar-refractivity contribution in [2.45, 2.75) is 24.1 Å². The van der Waals surface area contributed by atoms with E-state index in [0.717, 1.165) is 12.1 Å². The van der Waals surface area contributed by atoms with E-state index in [2.05, 4.69) is 11.6 Å². The maximum atomic E-state index is 13.6. The first-order chi connectivity index (χ1) is 11.5. The van der Waals surface area contributed by atoms with Crippen molar-refractivity contribution in [2.24, 2.45) is 0 Å². The summed E-state index contributed by atoms with van der Waals surface area (Å²) in [5, 5.41) is 4.94. The van der Waals surface area contributed by atoms with Crippen molar-refractivity contribution in [1.29, 1.82) is 0 Å². The molecule has 2 aromatic rings. The maximum Gasteiger partial charge on any atom is 0.428 e. The largest absolute Gasteiger partial charge is 0.494 e. The van der Waals surface area contributed by atoms with Gasteiger partial charge in [-0.1, -0.05) is 36.4 Å². The van der Waals surface area contributed by atoms with Crippen molar-refractivity contribution >= 4 is 11.6 Å². The Labute approximate surface area is 145 Å². The molecule has 2 rings (SSSR count). The van der Waals surface area contributed by atoms with Crippen LogP contribution in [0, 0.1) is 0 Å². The highest BCUT2D eigenvalue weighted by atomic mass is 35.5. The van der Waals surface area contributed by atoms with Gasteiger partial charge in [-0.2, -0.15) is 22.0 Å². The number of aliphatic hydroxyl groups is 1. The van der Waals surface area contributed by atoms with Gasteiger partial charge in [0, 0.05) is 5.56 Å². The van der Waals surface area contributed by atoms with Gasteiger partial charge in [0.2, 0.25) is 0 Å². The quantitative estimate of drug-likeness (QED) is 0.561. The van der Waals surface area contributed by atoms with E-state index in [9.17, 15) is 27.1 Å². The fourth-order valence-corrected chi connectivity index (χ4v) is 2.62. The monoisotopic (exact) mass is 380 g/mol. The number of ether oxygens (including phenoxy) is 1. The SMILES string of the molecule is CCOc1ccc(-c2ccccc2C(O)(C(F)(F)F)C(F)(F)Cl)cc1. The predicted octanol–water partition coefficient (Wildman–Crippen LogP) is 5.33. The first-order valence-electron chi connectivity index (χ1n) is 7.21. The molecular weight excluding hydrogens is 367 g/mol. The predicted molar refractivity (Wildman–Crippen MR) is 83.8 cm³/mol. The fraction of sp³-hybridized carbons (Fsp3) is 0.294. The van der Waals surface area contributed by atoms with E-state index in [-0.39, 0.29) is 11.1 Å². The van der Waals surface area contributed by atoms with Crippen LogP contribution >= 0.6 is 11.6 Å². The molecule has 2 aromatic carbocycles. The molecule has 0 heterocycles. The summed E-state index contributed by atoms with van der Waals surface area (Å²) in [6.07, 6.45) is -5.69. The molecule has 0 saturated heterocycles. The molecule has 136 valence electrons. The van der Waals surface area contributed by atoms with Crippen LogP contribution in [0.1, 0.15) is 12.5 Å². The number of benzene rings is 2. The summed E-state index contributed by atoms with van der Waals surface area (Å²) < 4.78 is 72.3. The summed E-state index contributed by atoms with van der Waals surface area (Å²) in [5.41, 5.74) is -5.60. The Bertz CT molecular complexity index is 709. The molecule has 0 fully saturated rings. The Balaban J connectivity index is 2.64. The van der Waals surface area contributed by atoms with Crippen LogP contribution in [0.4, 0.5) is 22.0 Å². The minimum absolute atomic E-state index is 0.197. The number of hydrogen-bond donors (Lipinski definition) is 1. The number of alkyl halides is 6. The molecule has 8 heteroatoms. The number of hydrogen-bond acceptors (Lipinski definition) is 2.